The molecule has 0 spiro atoms. The van der Waals surface area contributed by atoms with Crippen molar-refractivity contribution in [3.8, 4) is 0 Å². The molecule has 0 bridgehead atoms. The van der Waals surface area contributed by atoms with Crippen molar-refractivity contribution >= 4 is 41.8 Å². The van der Waals surface area contributed by atoms with Crippen LogP contribution in [0.15, 0.2) is 12.4 Å². The van der Waals surface area contributed by atoms with Crippen molar-refractivity contribution in [1.29, 1.82) is 0 Å². The van der Waals surface area contributed by atoms with Crippen molar-refractivity contribution < 1.29 is 0 Å². The summed E-state index contributed by atoms with van der Waals surface area (Å²) in [6.45, 7) is 0. The summed E-state index contributed by atoms with van der Waals surface area (Å²) in [4.78, 5) is 2.85. The van der Waals surface area contributed by atoms with E-state index in [4.69, 9.17) is 12.2 Å². The molecule has 39 valence electrons. The quantitative estimate of drug-likeness (QED) is 0.412. The summed E-state index contributed by atoms with van der Waals surface area (Å²) >= 11 is 4.79. The Morgan fingerprint density at radius 2 is 2.38 bits per heavy atom. The van der Waals surface area contributed by atoms with Crippen LogP contribution in [0.25, 0.3) is 0 Å². The van der Waals surface area contributed by atoms with Crippen LogP contribution < -0.4 is 0 Å². The van der Waals surface area contributed by atoms with Gasteiger partial charge in [-0.25, -0.2) is 0 Å². The molecule has 8 heavy (non-hydrogen) atoms. The first-order valence-electron chi connectivity index (χ1n) is 2.01. The average molecular weight is 137 g/mol. The Labute approximate surface area is 75.2 Å². The minimum absolute atomic E-state index is 0. The molecule has 0 amide bonds. The molecule has 1 rings (SSSR count). The van der Waals surface area contributed by atoms with Gasteiger partial charge in [0.2, 0.25) is 0 Å². The minimum atomic E-state index is 0. The van der Waals surface area contributed by atoms with Crippen LogP contribution in [0, 0.1) is 4.77 Å². The van der Waals surface area contributed by atoms with E-state index < -0.39 is 0 Å². The maximum atomic E-state index is 4.79. The number of nitrogens with one attached hydrogen (secondary N) is 1. The minimum Gasteiger partial charge on any atom is -0.337 e. The topological polar surface area (TPSA) is 20.7 Å². The number of aromatic amines is 1. The van der Waals surface area contributed by atoms with E-state index in [1.165, 1.54) is 0 Å². The molecule has 0 saturated carbocycles. The van der Waals surface area contributed by atoms with E-state index in [0.717, 1.165) is 4.77 Å². The molecule has 0 aliphatic rings. The summed E-state index contributed by atoms with van der Waals surface area (Å²) in [5.74, 6) is 0. The maximum Gasteiger partial charge on any atom is 0.176 e. The van der Waals surface area contributed by atoms with Gasteiger partial charge in [-0.1, -0.05) is 0 Å². The summed E-state index contributed by atoms with van der Waals surface area (Å²) in [6.07, 6.45) is 3.69. The maximum absolute atomic E-state index is 4.79. The van der Waals surface area contributed by atoms with E-state index in [1.54, 1.807) is 0 Å². The van der Waals surface area contributed by atoms with E-state index in [-0.39, 0.29) is 29.6 Å². The fourth-order valence-electron chi connectivity index (χ4n) is 0.390. The number of hydrogen-bond donors (Lipinski definition) is 1. The van der Waals surface area contributed by atoms with Gasteiger partial charge in [-0.05, 0) is 12.2 Å². The van der Waals surface area contributed by atoms with Crippen molar-refractivity contribution in [3.63, 3.8) is 0 Å². The van der Waals surface area contributed by atoms with Crippen LogP contribution in [0.3, 0.4) is 0 Å². The summed E-state index contributed by atoms with van der Waals surface area (Å²) in [5.41, 5.74) is 0. The molecule has 4 heteroatoms. The third-order valence-corrected chi connectivity index (χ3v) is 1.23. The zero-order valence-corrected chi connectivity index (χ0v) is 7.83. The molecule has 2 nitrogen and oxygen atoms in total. The second-order valence-corrected chi connectivity index (χ2v) is 1.76. The first-order chi connectivity index (χ1) is 3.30. The molecular weight excluding hydrogens is 131 g/mol. The number of hydrogen-bond acceptors (Lipinski definition) is 1. The fourth-order valence-corrected chi connectivity index (χ4v) is 0.519. The smallest absolute Gasteiger partial charge is 0.176 e. The molecule has 0 aliphatic heterocycles. The number of aryl methyl sites for hydroxylation is 1. The van der Waals surface area contributed by atoms with Crippen molar-refractivity contribution in [2.24, 2.45) is 7.05 Å². The van der Waals surface area contributed by atoms with Gasteiger partial charge in [0.15, 0.2) is 4.77 Å². The van der Waals surface area contributed by atoms with Crippen molar-refractivity contribution in [2.45, 2.75) is 0 Å². The number of rotatable bonds is 0. The number of aromatic nitrogens is 2. The molecule has 0 atom stereocenters. The Hall–Kier alpha value is 0.430. The largest absolute Gasteiger partial charge is 0.337 e. The van der Waals surface area contributed by atoms with Gasteiger partial charge in [-0.15, -0.1) is 0 Å². The zero-order chi connectivity index (χ0) is 5.28. The summed E-state index contributed by atoms with van der Waals surface area (Å²) in [6, 6.07) is 0. The number of H-pyrrole nitrogens is 1. The second kappa shape index (κ2) is 3.45. The normalized spacial score (nSPS) is 8.12. The van der Waals surface area contributed by atoms with Gasteiger partial charge in [0.1, 0.15) is 0 Å². The van der Waals surface area contributed by atoms with E-state index in [9.17, 15) is 0 Å². The Morgan fingerprint density at radius 3 is 2.50 bits per heavy atom. The molecule has 0 aliphatic carbocycles. The SMILES string of the molecule is Cn1cc[nH]c1=S.[Na]. The van der Waals surface area contributed by atoms with E-state index >= 15 is 0 Å². The Morgan fingerprint density at radius 1 is 1.75 bits per heavy atom. The van der Waals surface area contributed by atoms with Gasteiger partial charge in [0.05, 0.1) is 0 Å². The first kappa shape index (κ1) is 8.43. The third kappa shape index (κ3) is 1.74. The van der Waals surface area contributed by atoms with Gasteiger partial charge >= 0.3 is 0 Å². The molecule has 1 aromatic rings. The van der Waals surface area contributed by atoms with Crippen molar-refractivity contribution in [2.75, 3.05) is 0 Å². The van der Waals surface area contributed by atoms with Crippen LogP contribution in [0.4, 0.5) is 0 Å². The standard InChI is InChI=1S/C4H6N2S.Na/c1-6-3-2-5-4(6)7;/h2-3H,1H3,(H,5,7);. The van der Waals surface area contributed by atoms with Crippen molar-refractivity contribution in [3.05, 3.63) is 17.2 Å². The molecule has 1 heterocycles. The molecule has 1 aromatic heterocycles. The molecular formula is C4H6N2NaS. The van der Waals surface area contributed by atoms with Gasteiger partial charge in [-0.2, -0.15) is 0 Å². The van der Waals surface area contributed by atoms with Crippen LogP contribution in [0.5, 0.6) is 0 Å². The van der Waals surface area contributed by atoms with E-state index in [0.29, 0.717) is 0 Å². The molecule has 1 N–H and O–H groups in total. The monoisotopic (exact) mass is 137 g/mol. The van der Waals surface area contributed by atoms with Gasteiger partial charge in [0, 0.05) is 49.0 Å². The average Bonchev–Trinajstić information content (AvgIpc) is 1.91. The predicted molar refractivity (Wildman–Crippen MR) is 36.4 cm³/mol. The summed E-state index contributed by atoms with van der Waals surface area (Å²) in [5, 5.41) is 0. The van der Waals surface area contributed by atoms with Crippen LogP contribution in [0.2, 0.25) is 0 Å². The number of nitrogens with zero attached hydrogens (tertiary/aromatic N) is 1. The molecule has 0 saturated heterocycles. The van der Waals surface area contributed by atoms with E-state index in [1.807, 2.05) is 24.0 Å². The van der Waals surface area contributed by atoms with Gasteiger partial charge < -0.3 is 9.55 Å². The third-order valence-electron chi connectivity index (χ3n) is 0.825. The predicted octanol–water partition coefficient (Wildman–Crippen LogP) is 0.702. The van der Waals surface area contributed by atoms with Crippen LogP contribution >= 0.6 is 12.2 Å². The van der Waals surface area contributed by atoms with E-state index in [2.05, 4.69) is 4.98 Å². The molecule has 0 aromatic carbocycles. The number of imidazole rings is 1. The van der Waals surface area contributed by atoms with Crippen LogP contribution in [-0.2, 0) is 7.05 Å². The van der Waals surface area contributed by atoms with Gasteiger partial charge in [-0.3, -0.25) is 0 Å². The Balaban J connectivity index is 0.000000490. The van der Waals surface area contributed by atoms with Crippen molar-refractivity contribution in [1.82, 2.24) is 9.55 Å². The molecule has 1 radical (unpaired) electrons. The zero-order valence-electron chi connectivity index (χ0n) is 5.01. The molecule has 0 fully saturated rings. The van der Waals surface area contributed by atoms with Crippen LogP contribution in [0.1, 0.15) is 0 Å². The summed E-state index contributed by atoms with van der Waals surface area (Å²) < 4.78 is 2.61. The fraction of sp³-hybridized carbons (Fsp3) is 0.250. The van der Waals surface area contributed by atoms with Crippen LogP contribution in [-0.4, -0.2) is 39.1 Å². The summed E-state index contributed by atoms with van der Waals surface area (Å²) in [7, 11) is 1.90. The Kier molecular flexibility index (Phi) is 3.64. The first-order valence-corrected chi connectivity index (χ1v) is 2.41. The molecule has 0 unspecified atom stereocenters. The second-order valence-electron chi connectivity index (χ2n) is 1.38. The van der Waals surface area contributed by atoms with Gasteiger partial charge in [0.25, 0.3) is 0 Å². The Bertz CT molecular complexity index is 202.